The summed E-state index contributed by atoms with van der Waals surface area (Å²) in [5.74, 6) is -1.59. The lowest BCUT2D eigenvalue weighted by atomic mass is 10.1. The lowest BCUT2D eigenvalue weighted by Gasteiger charge is -2.19. The summed E-state index contributed by atoms with van der Waals surface area (Å²) in [4.78, 5) is 12.8. The summed E-state index contributed by atoms with van der Waals surface area (Å²) < 4.78 is 38.6. The van der Waals surface area contributed by atoms with Gasteiger partial charge in [0.2, 0.25) is 0 Å². The van der Waals surface area contributed by atoms with E-state index < -0.39 is 23.3 Å². The molecule has 0 bridgehead atoms. The highest BCUT2D eigenvalue weighted by Gasteiger charge is 2.35. The van der Waals surface area contributed by atoms with Crippen molar-refractivity contribution in [2.45, 2.75) is 25.6 Å². The zero-order valence-electron chi connectivity index (χ0n) is 12.2. The molecule has 4 nitrogen and oxygen atoms in total. The molecule has 1 atom stereocenters. The lowest BCUT2D eigenvalue weighted by Crippen LogP contribution is -2.23. The standard InChI is InChI=1S/C14H19F3N2O2/c1-9(6-7-19(2)3)18-10-4-5-11(13(20)21)12(8-10)14(15,16)17/h4-5,8-9,18H,6-7H2,1-3H3,(H,20,21). The Bertz CT molecular complexity index is 501. The zero-order chi connectivity index (χ0) is 16.2. The van der Waals surface area contributed by atoms with Crippen LogP contribution < -0.4 is 5.32 Å². The SMILES string of the molecule is CC(CCN(C)C)Nc1ccc(C(=O)O)c(C(F)(F)F)c1. The maximum Gasteiger partial charge on any atom is 0.417 e. The van der Waals surface area contributed by atoms with Gasteiger partial charge in [0.15, 0.2) is 0 Å². The first-order valence-electron chi connectivity index (χ1n) is 6.47. The summed E-state index contributed by atoms with van der Waals surface area (Å²) in [5, 5.41) is 11.8. The number of carbonyl (C=O) groups is 1. The molecule has 0 aliphatic rings. The molecular weight excluding hydrogens is 285 g/mol. The number of anilines is 1. The molecule has 118 valence electrons. The second-order valence-electron chi connectivity index (χ2n) is 5.20. The molecule has 2 N–H and O–H groups in total. The molecule has 1 aromatic carbocycles. The second kappa shape index (κ2) is 6.80. The number of nitrogens with one attached hydrogen (secondary N) is 1. The number of aromatic carboxylic acids is 1. The van der Waals surface area contributed by atoms with E-state index in [1.807, 2.05) is 25.9 Å². The van der Waals surface area contributed by atoms with Crippen molar-refractivity contribution < 1.29 is 23.1 Å². The molecule has 0 fully saturated rings. The van der Waals surface area contributed by atoms with Crippen molar-refractivity contribution in [3.63, 3.8) is 0 Å². The van der Waals surface area contributed by atoms with E-state index in [1.165, 1.54) is 6.07 Å². The van der Waals surface area contributed by atoms with Crippen LogP contribution in [0, 0.1) is 0 Å². The van der Waals surface area contributed by atoms with Gasteiger partial charge < -0.3 is 15.3 Å². The number of hydrogen-bond acceptors (Lipinski definition) is 3. The highest BCUT2D eigenvalue weighted by atomic mass is 19.4. The number of nitrogens with zero attached hydrogens (tertiary/aromatic N) is 1. The number of hydrogen-bond donors (Lipinski definition) is 2. The molecular formula is C14H19F3N2O2. The highest BCUT2D eigenvalue weighted by molar-refractivity contribution is 5.90. The average molecular weight is 304 g/mol. The van der Waals surface area contributed by atoms with Crippen LogP contribution in [0.3, 0.4) is 0 Å². The van der Waals surface area contributed by atoms with Gasteiger partial charge in [0.1, 0.15) is 0 Å². The van der Waals surface area contributed by atoms with Crippen molar-refractivity contribution >= 4 is 11.7 Å². The third-order valence-corrected chi connectivity index (χ3v) is 2.98. The molecule has 0 saturated heterocycles. The monoisotopic (exact) mass is 304 g/mol. The normalized spacial score (nSPS) is 13.3. The molecule has 0 amide bonds. The molecule has 0 aromatic heterocycles. The minimum absolute atomic E-state index is 0.0239. The van der Waals surface area contributed by atoms with E-state index in [0.717, 1.165) is 25.1 Å². The summed E-state index contributed by atoms with van der Waals surface area (Å²) in [6.45, 7) is 2.66. The highest BCUT2D eigenvalue weighted by Crippen LogP contribution is 2.34. The summed E-state index contributed by atoms with van der Waals surface area (Å²) in [5.41, 5.74) is -1.62. The van der Waals surface area contributed by atoms with Crippen LogP contribution in [-0.4, -0.2) is 42.7 Å². The van der Waals surface area contributed by atoms with E-state index in [9.17, 15) is 18.0 Å². The number of alkyl halides is 3. The summed E-state index contributed by atoms with van der Waals surface area (Å²) in [7, 11) is 3.83. The van der Waals surface area contributed by atoms with Gasteiger partial charge in [-0.3, -0.25) is 0 Å². The van der Waals surface area contributed by atoms with Crippen LogP contribution in [0.25, 0.3) is 0 Å². The van der Waals surface area contributed by atoms with Crippen LogP contribution >= 0.6 is 0 Å². The maximum atomic E-state index is 12.9. The Morgan fingerprint density at radius 1 is 1.38 bits per heavy atom. The molecule has 1 aromatic rings. The van der Waals surface area contributed by atoms with Crippen LogP contribution in [0.5, 0.6) is 0 Å². The fourth-order valence-corrected chi connectivity index (χ4v) is 1.86. The molecule has 0 aliphatic carbocycles. The van der Waals surface area contributed by atoms with Crippen molar-refractivity contribution in [1.29, 1.82) is 0 Å². The molecule has 0 heterocycles. The Morgan fingerprint density at radius 3 is 2.48 bits per heavy atom. The maximum absolute atomic E-state index is 12.9. The Kier molecular flexibility index (Phi) is 5.60. The largest absolute Gasteiger partial charge is 0.478 e. The van der Waals surface area contributed by atoms with E-state index in [0.29, 0.717) is 0 Å². The van der Waals surface area contributed by atoms with Gasteiger partial charge >= 0.3 is 12.1 Å². The van der Waals surface area contributed by atoms with Gasteiger partial charge in [-0.1, -0.05) is 0 Å². The number of rotatable bonds is 6. The van der Waals surface area contributed by atoms with Gasteiger partial charge in [0.25, 0.3) is 0 Å². The first-order valence-corrected chi connectivity index (χ1v) is 6.47. The third kappa shape index (κ3) is 5.26. The predicted octanol–water partition coefficient (Wildman–Crippen LogP) is 3.16. The number of benzene rings is 1. The van der Waals surface area contributed by atoms with E-state index in [1.54, 1.807) is 0 Å². The molecule has 21 heavy (non-hydrogen) atoms. The van der Waals surface area contributed by atoms with Gasteiger partial charge in [-0.2, -0.15) is 13.2 Å². The minimum Gasteiger partial charge on any atom is -0.478 e. The van der Waals surface area contributed by atoms with Crippen molar-refractivity contribution in [2.75, 3.05) is 26.0 Å². The Labute approximate surface area is 121 Å². The van der Waals surface area contributed by atoms with Crippen LogP contribution in [0.1, 0.15) is 29.3 Å². The first kappa shape index (κ1) is 17.3. The van der Waals surface area contributed by atoms with Gasteiger partial charge in [0.05, 0.1) is 11.1 Å². The fraction of sp³-hybridized carbons (Fsp3) is 0.500. The average Bonchev–Trinajstić information content (AvgIpc) is 2.35. The zero-order valence-corrected chi connectivity index (χ0v) is 12.2. The van der Waals surface area contributed by atoms with Crippen molar-refractivity contribution in [3.05, 3.63) is 29.3 Å². The second-order valence-corrected chi connectivity index (χ2v) is 5.20. The third-order valence-electron chi connectivity index (χ3n) is 2.98. The molecule has 0 saturated carbocycles. The van der Waals surface area contributed by atoms with Gasteiger partial charge in [-0.05, 0) is 52.2 Å². The molecule has 0 aliphatic heterocycles. The topological polar surface area (TPSA) is 52.6 Å². The first-order chi connectivity index (χ1) is 9.61. The molecule has 1 rings (SSSR count). The van der Waals surface area contributed by atoms with Crippen molar-refractivity contribution in [3.8, 4) is 0 Å². The lowest BCUT2D eigenvalue weighted by molar-refractivity contribution is -0.138. The molecule has 0 radical (unpaired) electrons. The van der Waals surface area contributed by atoms with Gasteiger partial charge in [0, 0.05) is 11.7 Å². The van der Waals surface area contributed by atoms with Crippen LogP contribution in [0.2, 0.25) is 0 Å². The number of carboxylic acids is 1. The van der Waals surface area contributed by atoms with Crippen molar-refractivity contribution in [2.24, 2.45) is 0 Å². The van der Waals surface area contributed by atoms with Crippen LogP contribution in [-0.2, 0) is 6.18 Å². The Balaban J connectivity index is 2.93. The fourth-order valence-electron chi connectivity index (χ4n) is 1.86. The Hall–Kier alpha value is -1.76. The summed E-state index contributed by atoms with van der Waals surface area (Å²) >= 11 is 0. The van der Waals surface area contributed by atoms with Crippen LogP contribution in [0.4, 0.5) is 18.9 Å². The van der Waals surface area contributed by atoms with Gasteiger partial charge in [-0.15, -0.1) is 0 Å². The smallest absolute Gasteiger partial charge is 0.417 e. The predicted molar refractivity (Wildman–Crippen MR) is 74.7 cm³/mol. The quantitative estimate of drug-likeness (QED) is 0.847. The molecule has 7 heteroatoms. The Morgan fingerprint density at radius 2 is 2.00 bits per heavy atom. The minimum atomic E-state index is -4.70. The van der Waals surface area contributed by atoms with E-state index in [-0.39, 0.29) is 11.7 Å². The molecule has 0 spiro atoms. The van der Waals surface area contributed by atoms with E-state index in [4.69, 9.17) is 5.11 Å². The number of carboxylic acid groups (broad SMARTS) is 1. The number of halogens is 3. The van der Waals surface area contributed by atoms with Crippen LogP contribution in [0.15, 0.2) is 18.2 Å². The van der Waals surface area contributed by atoms with Gasteiger partial charge in [-0.25, -0.2) is 4.79 Å². The van der Waals surface area contributed by atoms with E-state index in [2.05, 4.69) is 5.32 Å². The summed E-state index contributed by atoms with van der Waals surface area (Å²) in [6.07, 6.45) is -3.94. The van der Waals surface area contributed by atoms with E-state index >= 15 is 0 Å². The summed E-state index contributed by atoms with van der Waals surface area (Å²) in [6, 6.07) is 3.15. The van der Waals surface area contributed by atoms with Crippen molar-refractivity contribution in [1.82, 2.24) is 4.90 Å². The molecule has 1 unspecified atom stereocenters.